The highest BCUT2D eigenvalue weighted by Gasteiger charge is 2.13. The number of rotatable bonds is 7. The first-order valence-corrected chi connectivity index (χ1v) is 8.45. The lowest BCUT2D eigenvalue weighted by Gasteiger charge is -2.15. The molecule has 0 aliphatic carbocycles. The third-order valence-electron chi connectivity index (χ3n) is 2.76. The van der Waals surface area contributed by atoms with Gasteiger partial charge >= 0.3 is 0 Å². The molecule has 1 N–H and O–H groups in total. The van der Waals surface area contributed by atoms with Crippen LogP contribution in [0.3, 0.4) is 0 Å². The number of hydrogen-bond acceptors (Lipinski definition) is 5. The number of thiazole rings is 1. The summed E-state index contributed by atoms with van der Waals surface area (Å²) in [4.78, 5) is 4.41. The molecule has 0 aliphatic heterocycles. The van der Waals surface area contributed by atoms with Crippen LogP contribution in [0.2, 0.25) is 0 Å². The Balaban J connectivity index is 2.19. The smallest absolute Gasteiger partial charge is 0.175 e. The average molecular weight is 371 g/mol. The van der Waals surface area contributed by atoms with Gasteiger partial charge in [0.1, 0.15) is 11.6 Å². The van der Waals surface area contributed by atoms with Crippen LogP contribution in [0.15, 0.2) is 22.0 Å². The van der Waals surface area contributed by atoms with Crippen molar-refractivity contribution in [2.45, 2.75) is 27.0 Å². The van der Waals surface area contributed by atoms with Crippen molar-refractivity contribution in [3.8, 4) is 11.5 Å². The zero-order chi connectivity index (χ0) is 15.2. The van der Waals surface area contributed by atoms with E-state index in [9.17, 15) is 0 Å². The molecule has 6 heteroatoms. The number of benzene rings is 1. The first kappa shape index (κ1) is 16.3. The van der Waals surface area contributed by atoms with Gasteiger partial charge in [0.25, 0.3) is 0 Å². The summed E-state index contributed by atoms with van der Waals surface area (Å²) in [5.41, 5.74) is 2.16. The first-order chi connectivity index (χ1) is 10.1. The summed E-state index contributed by atoms with van der Waals surface area (Å²) >= 11 is 5.17. The Bertz CT molecular complexity index is 601. The zero-order valence-corrected chi connectivity index (χ0v) is 14.8. The monoisotopic (exact) mass is 370 g/mol. The highest BCUT2D eigenvalue weighted by Crippen LogP contribution is 2.37. The first-order valence-electron chi connectivity index (χ1n) is 6.77. The fourth-order valence-corrected chi connectivity index (χ4v) is 3.22. The summed E-state index contributed by atoms with van der Waals surface area (Å²) in [6.45, 7) is 5.77. The highest BCUT2D eigenvalue weighted by atomic mass is 79.9. The van der Waals surface area contributed by atoms with Crippen molar-refractivity contribution in [1.82, 2.24) is 10.3 Å². The largest absolute Gasteiger partial charge is 0.490 e. The van der Waals surface area contributed by atoms with Gasteiger partial charge in [0.2, 0.25) is 0 Å². The minimum Gasteiger partial charge on any atom is -0.490 e. The molecule has 1 aromatic carbocycles. The lowest BCUT2D eigenvalue weighted by molar-refractivity contribution is 0.267. The lowest BCUT2D eigenvalue weighted by atomic mass is 10.2. The molecule has 0 saturated heterocycles. The molecule has 1 aromatic heterocycles. The number of halogens is 1. The molecule has 21 heavy (non-hydrogen) atoms. The topological polar surface area (TPSA) is 43.4 Å². The third-order valence-corrected chi connectivity index (χ3v) is 4.29. The van der Waals surface area contributed by atoms with Gasteiger partial charge in [-0.1, -0.05) is 0 Å². The van der Waals surface area contributed by atoms with Crippen LogP contribution < -0.4 is 14.8 Å². The SMILES string of the molecule is CCOc1cc(CNC)cc(Br)c1OCc1nc(C)cs1. The van der Waals surface area contributed by atoms with Gasteiger partial charge in [0, 0.05) is 17.6 Å². The van der Waals surface area contributed by atoms with Crippen molar-refractivity contribution < 1.29 is 9.47 Å². The lowest BCUT2D eigenvalue weighted by Crippen LogP contribution is -2.07. The molecular weight excluding hydrogens is 352 g/mol. The van der Waals surface area contributed by atoms with Crippen molar-refractivity contribution in [3.05, 3.63) is 38.3 Å². The highest BCUT2D eigenvalue weighted by molar-refractivity contribution is 9.10. The van der Waals surface area contributed by atoms with Gasteiger partial charge in [-0.15, -0.1) is 11.3 Å². The Labute approximate surface area is 137 Å². The van der Waals surface area contributed by atoms with Crippen molar-refractivity contribution in [1.29, 1.82) is 0 Å². The van der Waals surface area contributed by atoms with Crippen LogP contribution in [0.25, 0.3) is 0 Å². The average Bonchev–Trinajstić information content (AvgIpc) is 2.84. The van der Waals surface area contributed by atoms with Crippen LogP contribution in [-0.2, 0) is 13.2 Å². The van der Waals surface area contributed by atoms with E-state index in [1.807, 2.05) is 38.4 Å². The van der Waals surface area contributed by atoms with Crippen molar-refractivity contribution >= 4 is 27.3 Å². The second-order valence-corrected chi connectivity index (χ2v) is 6.34. The normalized spacial score (nSPS) is 10.7. The summed E-state index contributed by atoms with van der Waals surface area (Å²) in [5.74, 6) is 1.48. The van der Waals surface area contributed by atoms with Crippen LogP contribution in [-0.4, -0.2) is 18.6 Å². The number of aryl methyl sites for hydroxylation is 1. The summed E-state index contributed by atoms with van der Waals surface area (Å²) < 4.78 is 12.5. The number of nitrogens with one attached hydrogen (secondary N) is 1. The van der Waals surface area contributed by atoms with Gasteiger partial charge in [-0.05, 0) is 54.5 Å². The maximum atomic E-state index is 5.91. The van der Waals surface area contributed by atoms with Crippen LogP contribution in [0, 0.1) is 6.92 Å². The van der Waals surface area contributed by atoms with Crippen LogP contribution >= 0.6 is 27.3 Å². The van der Waals surface area contributed by atoms with Crippen LogP contribution in [0.1, 0.15) is 23.2 Å². The molecule has 0 amide bonds. The Morgan fingerprint density at radius 2 is 2.14 bits per heavy atom. The fourth-order valence-electron chi connectivity index (χ4n) is 1.93. The maximum Gasteiger partial charge on any atom is 0.175 e. The Morgan fingerprint density at radius 3 is 2.76 bits per heavy atom. The van der Waals surface area contributed by atoms with E-state index in [-0.39, 0.29) is 0 Å². The molecule has 0 spiro atoms. The van der Waals surface area contributed by atoms with Gasteiger partial charge in [-0.25, -0.2) is 4.98 Å². The maximum absolute atomic E-state index is 5.91. The van der Waals surface area contributed by atoms with E-state index in [0.717, 1.165) is 38.8 Å². The van der Waals surface area contributed by atoms with Crippen molar-refractivity contribution in [2.75, 3.05) is 13.7 Å². The zero-order valence-electron chi connectivity index (χ0n) is 12.4. The molecule has 2 aromatic rings. The Kier molecular flexibility index (Phi) is 6.02. The van der Waals surface area contributed by atoms with Gasteiger partial charge in [-0.3, -0.25) is 0 Å². The molecule has 0 fully saturated rings. The molecule has 0 atom stereocenters. The van der Waals surface area contributed by atoms with Gasteiger partial charge in [-0.2, -0.15) is 0 Å². The number of nitrogens with zero attached hydrogens (tertiary/aromatic N) is 1. The Morgan fingerprint density at radius 1 is 1.33 bits per heavy atom. The quantitative estimate of drug-likeness (QED) is 0.802. The summed E-state index contributed by atoms with van der Waals surface area (Å²) in [5, 5.41) is 6.12. The number of hydrogen-bond donors (Lipinski definition) is 1. The predicted octanol–water partition coefficient (Wildman–Crippen LogP) is 3.91. The van der Waals surface area contributed by atoms with Crippen LogP contribution in [0.4, 0.5) is 0 Å². The molecular formula is C15H19BrN2O2S. The van der Waals surface area contributed by atoms with Crippen LogP contribution in [0.5, 0.6) is 11.5 Å². The van der Waals surface area contributed by atoms with E-state index >= 15 is 0 Å². The third kappa shape index (κ3) is 4.43. The molecule has 0 saturated carbocycles. The summed E-state index contributed by atoms with van der Waals surface area (Å²) in [6.07, 6.45) is 0. The van der Waals surface area contributed by atoms with E-state index in [2.05, 4.69) is 26.2 Å². The minimum absolute atomic E-state index is 0.447. The second kappa shape index (κ2) is 7.77. The molecule has 4 nitrogen and oxygen atoms in total. The van der Waals surface area contributed by atoms with Crippen molar-refractivity contribution in [3.63, 3.8) is 0 Å². The molecule has 0 aliphatic rings. The van der Waals surface area contributed by atoms with E-state index in [4.69, 9.17) is 9.47 Å². The molecule has 0 unspecified atom stereocenters. The van der Waals surface area contributed by atoms with Crippen molar-refractivity contribution in [2.24, 2.45) is 0 Å². The molecule has 2 rings (SSSR count). The van der Waals surface area contributed by atoms with Gasteiger partial charge in [0.15, 0.2) is 11.5 Å². The molecule has 1 heterocycles. The van der Waals surface area contributed by atoms with E-state index in [0.29, 0.717) is 13.2 Å². The second-order valence-electron chi connectivity index (χ2n) is 4.54. The summed E-state index contributed by atoms with van der Waals surface area (Å²) in [7, 11) is 1.92. The molecule has 114 valence electrons. The van der Waals surface area contributed by atoms with E-state index < -0.39 is 0 Å². The minimum atomic E-state index is 0.447. The molecule has 0 radical (unpaired) electrons. The predicted molar refractivity (Wildman–Crippen MR) is 89.3 cm³/mol. The van der Waals surface area contributed by atoms with Gasteiger partial charge < -0.3 is 14.8 Å². The van der Waals surface area contributed by atoms with Gasteiger partial charge in [0.05, 0.1) is 11.1 Å². The standard InChI is InChI=1S/C15H19BrN2O2S/c1-4-19-13-6-11(7-17-3)5-12(16)15(13)20-8-14-18-10(2)9-21-14/h5-6,9,17H,4,7-8H2,1-3H3. The van der Waals surface area contributed by atoms with E-state index in [1.54, 1.807) is 11.3 Å². The summed E-state index contributed by atoms with van der Waals surface area (Å²) in [6, 6.07) is 4.05. The Hall–Kier alpha value is -1.11. The van der Waals surface area contributed by atoms with E-state index in [1.165, 1.54) is 0 Å². The fraction of sp³-hybridized carbons (Fsp3) is 0.400. The number of aromatic nitrogens is 1. The molecule has 0 bridgehead atoms. The number of ether oxygens (including phenoxy) is 2.